The van der Waals surface area contributed by atoms with Crippen molar-refractivity contribution in [1.82, 2.24) is 19.3 Å². The van der Waals surface area contributed by atoms with Crippen LogP contribution >= 0.6 is 0 Å². The first kappa shape index (κ1) is 24.3. The van der Waals surface area contributed by atoms with E-state index in [2.05, 4.69) is 39.5 Å². The normalized spacial score (nSPS) is 18.1. The molecule has 1 aliphatic carbocycles. The highest BCUT2D eigenvalue weighted by molar-refractivity contribution is 5.85. The van der Waals surface area contributed by atoms with E-state index in [0.717, 1.165) is 72.7 Å². The molecule has 2 heterocycles. The molecule has 7 heteroatoms. The number of anilines is 1. The van der Waals surface area contributed by atoms with E-state index in [1.807, 2.05) is 42.6 Å². The molecule has 0 amide bonds. The summed E-state index contributed by atoms with van der Waals surface area (Å²) in [7, 11) is 2.09. The third-order valence-corrected chi connectivity index (χ3v) is 7.23. The molecule has 4 aromatic rings. The molecule has 3 N–H and O–H groups in total. The maximum atomic E-state index is 9.20. The lowest BCUT2D eigenvalue weighted by Gasteiger charge is -2.30. The van der Waals surface area contributed by atoms with Crippen molar-refractivity contribution in [3.63, 3.8) is 0 Å². The van der Waals surface area contributed by atoms with Gasteiger partial charge in [0, 0.05) is 37.0 Å². The minimum absolute atomic E-state index is 0.211. The van der Waals surface area contributed by atoms with Crippen molar-refractivity contribution in [2.75, 3.05) is 32.5 Å². The Morgan fingerprint density at radius 3 is 2.67 bits per heavy atom. The standard InChI is InChI=1S/C29H35N5O2/c1-33(16-17-35)19-21-10-12-23(13-11-21)29-32-26(27-28(30)31-14-15-34(27)29)24-8-5-9-25(18-24)36-20-22-6-3-2-4-7-22/h2-9,14-15,18,21,23,35H,10-13,16-17,19-20H2,1H3,(H2,30,31). The lowest BCUT2D eigenvalue weighted by Crippen LogP contribution is -2.30. The second-order valence-corrected chi connectivity index (χ2v) is 9.86. The van der Waals surface area contributed by atoms with E-state index in [1.54, 1.807) is 6.20 Å². The molecule has 7 nitrogen and oxygen atoms in total. The van der Waals surface area contributed by atoms with Gasteiger partial charge in [0.05, 0.1) is 6.61 Å². The molecule has 5 rings (SSSR count). The van der Waals surface area contributed by atoms with Crippen LogP contribution in [0.2, 0.25) is 0 Å². The zero-order valence-corrected chi connectivity index (χ0v) is 20.9. The summed E-state index contributed by atoms with van der Waals surface area (Å²) in [6.07, 6.45) is 8.25. The average Bonchev–Trinajstić information content (AvgIpc) is 3.30. The molecule has 36 heavy (non-hydrogen) atoms. The van der Waals surface area contributed by atoms with Crippen LogP contribution in [0, 0.1) is 5.92 Å². The lowest BCUT2D eigenvalue weighted by atomic mass is 9.81. The molecule has 2 aromatic carbocycles. The van der Waals surface area contributed by atoms with E-state index >= 15 is 0 Å². The summed E-state index contributed by atoms with van der Waals surface area (Å²) in [5.41, 5.74) is 10.2. The van der Waals surface area contributed by atoms with E-state index in [0.29, 0.717) is 24.3 Å². The van der Waals surface area contributed by atoms with Gasteiger partial charge in [-0.2, -0.15) is 0 Å². The number of nitrogens with zero attached hydrogens (tertiary/aromatic N) is 4. The largest absolute Gasteiger partial charge is 0.489 e. The first-order chi connectivity index (χ1) is 17.6. The molecule has 1 saturated carbocycles. The highest BCUT2D eigenvalue weighted by Gasteiger charge is 2.28. The van der Waals surface area contributed by atoms with Crippen molar-refractivity contribution in [2.45, 2.75) is 38.2 Å². The van der Waals surface area contributed by atoms with E-state index in [-0.39, 0.29) is 6.61 Å². The maximum Gasteiger partial charge on any atom is 0.150 e. The second kappa shape index (κ2) is 11.1. The molecule has 0 radical (unpaired) electrons. The van der Waals surface area contributed by atoms with Crippen LogP contribution in [0.1, 0.15) is 43.0 Å². The van der Waals surface area contributed by atoms with Gasteiger partial charge < -0.3 is 20.5 Å². The van der Waals surface area contributed by atoms with Gasteiger partial charge in [-0.15, -0.1) is 0 Å². The quantitative estimate of drug-likeness (QED) is 0.356. The molecule has 0 saturated heterocycles. The molecule has 1 aliphatic rings. The Balaban J connectivity index is 1.38. The average molecular weight is 486 g/mol. The van der Waals surface area contributed by atoms with Gasteiger partial charge in [0.1, 0.15) is 35.2 Å². The maximum absolute atomic E-state index is 9.20. The number of aliphatic hydroxyl groups excluding tert-OH is 1. The fourth-order valence-corrected chi connectivity index (χ4v) is 5.36. The Labute approximate surface area is 212 Å². The molecule has 0 spiro atoms. The number of aliphatic hydroxyl groups is 1. The zero-order valence-electron chi connectivity index (χ0n) is 20.9. The molecular formula is C29H35N5O2. The van der Waals surface area contributed by atoms with Crippen LogP contribution in [0.3, 0.4) is 0 Å². The summed E-state index contributed by atoms with van der Waals surface area (Å²) in [6.45, 7) is 2.49. The van der Waals surface area contributed by atoms with E-state index < -0.39 is 0 Å². The predicted molar refractivity (Wildman–Crippen MR) is 143 cm³/mol. The number of likely N-dealkylation sites (N-methyl/N-ethyl adjacent to an activating group) is 1. The Bertz CT molecular complexity index is 1280. The van der Waals surface area contributed by atoms with E-state index in [1.165, 1.54) is 0 Å². The number of hydrogen-bond donors (Lipinski definition) is 2. The first-order valence-corrected chi connectivity index (χ1v) is 12.8. The number of rotatable bonds is 9. The van der Waals surface area contributed by atoms with Gasteiger partial charge >= 0.3 is 0 Å². The Kier molecular flexibility index (Phi) is 7.49. The van der Waals surface area contributed by atoms with Crippen LogP contribution in [0.25, 0.3) is 16.8 Å². The van der Waals surface area contributed by atoms with Gasteiger partial charge in [-0.3, -0.25) is 4.40 Å². The molecule has 0 aliphatic heterocycles. The summed E-state index contributed by atoms with van der Waals surface area (Å²) in [4.78, 5) is 11.8. The van der Waals surface area contributed by atoms with Crippen molar-refractivity contribution in [2.24, 2.45) is 5.92 Å². The van der Waals surface area contributed by atoms with Gasteiger partial charge in [-0.1, -0.05) is 42.5 Å². The molecule has 1 fully saturated rings. The lowest BCUT2D eigenvalue weighted by molar-refractivity contribution is 0.181. The third-order valence-electron chi connectivity index (χ3n) is 7.23. The zero-order chi connectivity index (χ0) is 24.9. The Hall–Kier alpha value is -3.42. The van der Waals surface area contributed by atoms with Crippen molar-refractivity contribution in [3.05, 3.63) is 78.4 Å². The van der Waals surface area contributed by atoms with Gasteiger partial charge in [-0.25, -0.2) is 9.97 Å². The van der Waals surface area contributed by atoms with Crippen molar-refractivity contribution < 1.29 is 9.84 Å². The number of hydrogen-bond acceptors (Lipinski definition) is 6. The van der Waals surface area contributed by atoms with Gasteiger partial charge in [0.15, 0.2) is 0 Å². The number of benzene rings is 2. The highest BCUT2D eigenvalue weighted by atomic mass is 16.5. The number of ether oxygens (including phenoxy) is 1. The number of fused-ring (bicyclic) bond motifs is 1. The van der Waals surface area contributed by atoms with Crippen molar-refractivity contribution in [1.29, 1.82) is 0 Å². The highest BCUT2D eigenvalue weighted by Crippen LogP contribution is 2.39. The predicted octanol–water partition coefficient (Wildman–Crippen LogP) is 4.76. The third kappa shape index (κ3) is 5.37. The summed E-state index contributed by atoms with van der Waals surface area (Å²) in [5.74, 6) is 3.39. The Morgan fingerprint density at radius 2 is 1.89 bits per heavy atom. The SMILES string of the molecule is CN(CCO)CC1CCC(c2nc(-c3cccc(OCc4ccccc4)c3)c3c(N)nccn23)CC1. The first-order valence-electron chi connectivity index (χ1n) is 12.8. The van der Waals surface area contributed by atoms with Crippen LogP contribution in [0.5, 0.6) is 5.75 Å². The van der Waals surface area contributed by atoms with Gasteiger partial charge in [0.25, 0.3) is 0 Å². The van der Waals surface area contributed by atoms with Crippen molar-refractivity contribution >= 4 is 11.3 Å². The summed E-state index contributed by atoms with van der Waals surface area (Å²) in [5, 5.41) is 9.20. The molecule has 0 atom stereocenters. The minimum Gasteiger partial charge on any atom is -0.489 e. The topological polar surface area (TPSA) is 88.9 Å². The molecule has 188 valence electrons. The second-order valence-electron chi connectivity index (χ2n) is 9.86. The van der Waals surface area contributed by atoms with Crippen molar-refractivity contribution in [3.8, 4) is 17.0 Å². The number of aromatic nitrogens is 3. The van der Waals surface area contributed by atoms with E-state index in [9.17, 15) is 5.11 Å². The molecular weight excluding hydrogens is 450 g/mol. The minimum atomic E-state index is 0.211. The smallest absolute Gasteiger partial charge is 0.150 e. The van der Waals surface area contributed by atoms with Crippen LogP contribution in [0.15, 0.2) is 67.0 Å². The Morgan fingerprint density at radius 1 is 1.08 bits per heavy atom. The van der Waals surface area contributed by atoms with Crippen LogP contribution in [0.4, 0.5) is 5.82 Å². The summed E-state index contributed by atoms with van der Waals surface area (Å²) < 4.78 is 8.22. The monoisotopic (exact) mass is 485 g/mol. The number of nitrogen functional groups attached to an aromatic ring is 1. The van der Waals surface area contributed by atoms with Crippen LogP contribution < -0.4 is 10.5 Å². The fraction of sp³-hybridized carbons (Fsp3) is 0.379. The van der Waals surface area contributed by atoms with Crippen LogP contribution in [-0.4, -0.2) is 51.1 Å². The van der Waals surface area contributed by atoms with Gasteiger partial charge in [0.2, 0.25) is 0 Å². The number of imidazole rings is 1. The summed E-state index contributed by atoms with van der Waals surface area (Å²) >= 11 is 0. The number of nitrogens with two attached hydrogens (primary N) is 1. The van der Waals surface area contributed by atoms with E-state index in [4.69, 9.17) is 15.5 Å². The molecule has 0 unspecified atom stereocenters. The molecule has 2 aromatic heterocycles. The van der Waals surface area contributed by atoms with Crippen LogP contribution in [-0.2, 0) is 6.61 Å². The molecule has 0 bridgehead atoms. The summed E-state index contributed by atoms with van der Waals surface area (Å²) in [6, 6.07) is 18.2. The fourth-order valence-electron chi connectivity index (χ4n) is 5.36. The van der Waals surface area contributed by atoms with Gasteiger partial charge in [-0.05, 0) is 56.3 Å².